The van der Waals surface area contributed by atoms with Gasteiger partial charge in [0.2, 0.25) is 0 Å². The maximum atomic E-state index is 14.4. The lowest BCUT2D eigenvalue weighted by Crippen LogP contribution is -2.06. The Morgan fingerprint density at radius 3 is 2.19 bits per heavy atom. The number of hydrogen-bond acceptors (Lipinski definition) is 4. The summed E-state index contributed by atoms with van der Waals surface area (Å²) in [7, 11) is 0. The maximum absolute atomic E-state index is 14.4. The first kappa shape index (κ1) is 24.0. The van der Waals surface area contributed by atoms with Gasteiger partial charge in [0.15, 0.2) is 34.2 Å². The third-order valence-electron chi connectivity index (χ3n) is 5.98. The van der Waals surface area contributed by atoms with Gasteiger partial charge in [-0.2, -0.15) is 0 Å². The van der Waals surface area contributed by atoms with Gasteiger partial charge in [0.05, 0.1) is 11.2 Å². The molecule has 9 heteroatoms. The van der Waals surface area contributed by atoms with Crippen LogP contribution >= 0.6 is 11.8 Å². The monoisotopic (exact) mass is 508 g/mol. The molecule has 3 aromatic carbocycles. The van der Waals surface area contributed by atoms with Gasteiger partial charge in [-0.05, 0) is 26.0 Å². The molecule has 0 saturated carbocycles. The SMILES string of the molecule is CCn1c(SCc2c(F)c(F)c(C)c(F)c2F)nnc1-c1cc(-c2ccccc2)nc2ccccc12. The van der Waals surface area contributed by atoms with Crippen LogP contribution in [-0.4, -0.2) is 19.7 Å². The molecule has 0 aliphatic heterocycles. The van der Waals surface area contributed by atoms with Crippen molar-refractivity contribution in [2.24, 2.45) is 0 Å². The molecule has 5 aromatic rings. The van der Waals surface area contributed by atoms with Crippen molar-refractivity contribution in [2.45, 2.75) is 31.3 Å². The molecule has 2 aromatic heterocycles. The Morgan fingerprint density at radius 2 is 1.50 bits per heavy atom. The van der Waals surface area contributed by atoms with Gasteiger partial charge in [-0.3, -0.25) is 0 Å². The van der Waals surface area contributed by atoms with E-state index >= 15 is 0 Å². The Balaban J connectivity index is 1.57. The number of benzene rings is 3. The molecule has 0 radical (unpaired) electrons. The van der Waals surface area contributed by atoms with Crippen LogP contribution in [0.1, 0.15) is 18.1 Å². The summed E-state index contributed by atoms with van der Waals surface area (Å²) in [6.07, 6.45) is 0. The summed E-state index contributed by atoms with van der Waals surface area (Å²) >= 11 is 0.958. The van der Waals surface area contributed by atoms with Crippen LogP contribution in [0.15, 0.2) is 65.8 Å². The lowest BCUT2D eigenvalue weighted by atomic mass is 10.0. The zero-order valence-corrected chi connectivity index (χ0v) is 20.2. The average Bonchev–Trinajstić information content (AvgIpc) is 3.33. The predicted molar refractivity (Wildman–Crippen MR) is 132 cm³/mol. The molecule has 36 heavy (non-hydrogen) atoms. The largest absolute Gasteiger partial charge is 0.302 e. The van der Waals surface area contributed by atoms with Crippen LogP contribution in [0.4, 0.5) is 17.6 Å². The van der Waals surface area contributed by atoms with Gasteiger partial charge in [-0.1, -0.05) is 60.3 Å². The average molecular weight is 509 g/mol. The van der Waals surface area contributed by atoms with Crippen LogP contribution in [0.5, 0.6) is 0 Å². The second-order valence-corrected chi connectivity index (χ2v) is 9.08. The second kappa shape index (κ2) is 9.73. The highest BCUT2D eigenvalue weighted by molar-refractivity contribution is 7.98. The summed E-state index contributed by atoms with van der Waals surface area (Å²) in [4.78, 5) is 4.80. The predicted octanol–water partition coefficient (Wildman–Crippen LogP) is 7.34. The minimum Gasteiger partial charge on any atom is -0.302 e. The fraction of sp³-hybridized carbons (Fsp3) is 0.148. The van der Waals surface area contributed by atoms with Crippen molar-refractivity contribution < 1.29 is 17.6 Å². The second-order valence-electron chi connectivity index (χ2n) is 8.14. The third kappa shape index (κ3) is 4.13. The number of hydrogen-bond donors (Lipinski definition) is 0. The van der Waals surface area contributed by atoms with E-state index in [-0.39, 0.29) is 5.75 Å². The van der Waals surface area contributed by atoms with E-state index in [1.165, 1.54) is 0 Å². The van der Waals surface area contributed by atoms with E-state index in [0.717, 1.165) is 46.4 Å². The van der Waals surface area contributed by atoms with Crippen LogP contribution in [0.2, 0.25) is 0 Å². The van der Waals surface area contributed by atoms with Crippen molar-refractivity contribution in [3.05, 3.63) is 95.1 Å². The molecule has 0 aliphatic carbocycles. The van der Waals surface area contributed by atoms with Crippen LogP contribution in [0, 0.1) is 30.2 Å². The molecular formula is C27H20F4N4S. The van der Waals surface area contributed by atoms with Gasteiger partial charge in [0, 0.05) is 39.9 Å². The smallest absolute Gasteiger partial charge is 0.191 e. The summed E-state index contributed by atoms with van der Waals surface area (Å²) in [6.45, 7) is 3.35. The molecule has 0 N–H and O–H groups in total. The van der Waals surface area contributed by atoms with Crippen molar-refractivity contribution in [3.8, 4) is 22.6 Å². The van der Waals surface area contributed by atoms with Gasteiger partial charge in [0.1, 0.15) is 0 Å². The Bertz CT molecular complexity index is 1560. The number of fused-ring (bicyclic) bond motifs is 1. The lowest BCUT2D eigenvalue weighted by molar-refractivity contribution is 0.435. The number of thioether (sulfide) groups is 1. The summed E-state index contributed by atoms with van der Waals surface area (Å²) in [5.74, 6) is -5.37. The van der Waals surface area contributed by atoms with E-state index in [2.05, 4.69) is 10.2 Å². The first-order chi connectivity index (χ1) is 17.4. The number of para-hydroxylation sites is 1. The van der Waals surface area contributed by atoms with Crippen molar-refractivity contribution in [1.29, 1.82) is 0 Å². The van der Waals surface area contributed by atoms with Crippen LogP contribution < -0.4 is 0 Å². The van der Waals surface area contributed by atoms with Gasteiger partial charge in [0.25, 0.3) is 0 Å². The molecule has 0 spiro atoms. The number of pyridine rings is 1. The Labute approximate surface area is 209 Å². The highest BCUT2D eigenvalue weighted by Gasteiger charge is 2.24. The van der Waals surface area contributed by atoms with Crippen LogP contribution in [0.25, 0.3) is 33.5 Å². The van der Waals surface area contributed by atoms with E-state index in [4.69, 9.17) is 4.98 Å². The fourth-order valence-corrected chi connectivity index (χ4v) is 5.04. The highest BCUT2D eigenvalue weighted by atomic mass is 32.2. The molecule has 0 unspecified atom stereocenters. The molecule has 0 amide bonds. The van der Waals surface area contributed by atoms with Crippen molar-refractivity contribution in [3.63, 3.8) is 0 Å². The summed E-state index contributed by atoms with van der Waals surface area (Å²) < 4.78 is 58.6. The van der Waals surface area contributed by atoms with Gasteiger partial charge in [-0.15, -0.1) is 10.2 Å². The zero-order valence-electron chi connectivity index (χ0n) is 19.4. The molecule has 0 aliphatic rings. The molecule has 182 valence electrons. The Kier molecular flexibility index (Phi) is 6.49. The van der Waals surface area contributed by atoms with E-state index < -0.39 is 34.4 Å². The molecule has 0 fully saturated rings. The minimum absolute atomic E-state index is 0.351. The third-order valence-corrected chi connectivity index (χ3v) is 6.97. The standard InChI is InChI=1S/C27H20F4N4S/c1-3-35-26(33-34-27(35)36-14-19-24(30)22(28)15(2)23(29)25(19)31)18-13-21(16-9-5-4-6-10-16)32-20-12-8-7-11-17(18)20/h4-13H,3,14H2,1-2H3. The zero-order chi connectivity index (χ0) is 25.4. The first-order valence-electron chi connectivity index (χ1n) is 11.2. The van der Waals surface area contributed by atoms with Gasteiger partial charge >= 0.3 is 0 Å². The van der Waals surface area contributed by atoms with E-state index in [9.17, 15) is 17.6 Å². The topological polar surface area (TPSA) is 43.6 Å². The molecule has 0 bridgehead atoms. The summed E-state index contributed by atoms with van der Waals surface area (Å²) in [5.41, 5.74) is 1.92. The fourth-order valence-electron chi connectivity index (χ4n) is 4.05. The highest BCUT2D eigenvalue weighted by Crippen LogP contribution is 2.34. The summed E-state index contributed by atoms with van der Waals surface area (Å²) in [5, 5.41) is 9.85. The van der Waals surface area contributed by atoms with Crippen LogP contribution in [-0.2, 0) is 12.3 Å². The number of nitrogens with zero attached hydrogens (tertiary/aromatic N) is 4. The van der Waals surface area contributed by atoms with Crippen LogP contribution in [0.3, 0.4) is 0 Å². The Hall–Kier alpha value is -3.72. The van der Waals surface area contributed by atoms with E-state index in [1.807, 2.05) is 67.6 Å². The number of aromatic nitrogens is 4. The molecule has 5 rings (SSSR count). The van der Waals surface area contributed by atoms with Gasteiger partial charge in [-0.25, -0.2) is 22.5 Å². The quantitative estimate of drug-likeness (QED) is 0.137. The van der Waals surface area contributed by atoms with Crippen molar-refractivity contribution in [2.75, 3.05) is 0 Å². The van der Waals surface area contributed by atoms with Crippen molar-refractivity contribution >= 4 is 22.7 Å². The minimum atomic E-state index is -1.39. The van der Waals surface area contributed by atoms with Crippen molar-refractivity contribution in [1.82, 2.24) is 19.7 Å². The summed E-state index contributed by atoms with van der Waals surface area (Å²) in [6, 6.07) is 19.3. The van der Waals surface area contributed by atoms with Gasteiger partial charge < -0.3 is 4.57 Å². The number of halogens is 4. The molecule has 2 heterocycles. The number of rotatable bonds is 6. The first-order valence-corrected chi connectivity index (χ1v) is 12.2. The molecule has 0 atom stereocenters. The molecule has 0 saturated heterocycles. The normalized spacial score (nSPS) is 11.4. The Morgan fingerprint density at radius 1 is 0.833 bits per heavy atom. The van der Waals surface area contributed by atoms with E-state index in [0.29, 0.717) is 17.5 Å². The molecule has 4 nitrogen and oxygen atoms in total. The molecular weight excluding hydrogens is 488 g/mol. The van der Waals surface area contributed by atoms with E-state index in [1.54, 1.807) is 4.57 Å². The maximum Gasteiger partial charge on any atom is 0.191 e. The lowest BCUT2D eigenvalue weighted by Gasteiger charge is -2.12.